The first-order valence-corrected chi connectivity index (χ1v) is 5.37. The van der Waals surface area contributed by atoms with Gasteiger partial charge in [0, 0.05) is 11.4 Å². The van der Waals surface area contributed by atoms with Crippen molar-refractivity contribution in [1.82, 2.24) is 9.38 Å². The Morgan fingerprint density at radius 1 is 1.33 bits per heavy atom. The summed E-state index contributed by atoms with van der Waals surface area (Å²) in [6.45, 7) is 4.91. The third kappa shape index (κ3) is 1.75. The Morgan fingerprint density at radius 3 is 2.87 bits per heavy atom. The fourth-order valence-electron chi connectivity index (χ4n) is 2.00. The van der Waals surface area contributed by atoms with E-state index in [2.05, 4.69) is 29.3 Å². The second-order valence-electron chi connectivity index (χ2n) is 3.90. The van der Waals surface area contributed by atoms with Crippen molar-refractivity contribution in [2.24, 2.45) is 5.73 Å². The van der Waals surface area contributed by atoms with Crippen LogP contribution in [0.3, 0.4) is 0 Å². The smallest absolute Gasteiger partial charge is 0.137 e. The Kier molecular flexibility index (Phi) is 2.73. The molecule has 0 atom stereocenters. The summed E-state index contributed by atoms with van der Waals surface area (Å²) in [5.74, 6) is 0. The van der Waals surface area contributed by atoms with Crippen molar-refractivity contribution in [1.29, 1.82) is 0 Å². The van der Waals surface area contributed by atoms with E-state index in [0.29, 0.717) is 0 Å². The number of pyridine rings is 1. The average molecular weight is 203 g/mol. The number of rotatable bonds is 3. The van der Waals surface area contributed by atoms with Crippen LogP contribution in [0, 0.1) is 13.8 Å². The maximum absolute atomic E-state index is 5.55. The first-order valence-electron chi connectivity index (χ1n) is 5.37. The highest BCUT2D eigenvalue weighted by Crippen LogP contribution is 2.15. The summed E-state index contributed by atoms with van der Waals surface area (Å²) in [4.78, 5) is 4.55. The lowest BCUT2D eigenvalue weighted by atomic mass is 10.2. The molecule has 80 valence electrons. The molecule has 0 bridgehead atoms. The number of nitrogens with zero attached hydrogens (tertiary/aromatic N) is 2. The predicted octanol–water partition coefficient (Wildman–Crippen LogP) is 1.84. The molecule has 2 aromatic rings. The molecule has 0 fully saturated rings. The van der Waals surface area contributed by atoms with Gasteiger partial charge in [0.2, 0.25) is 0 Å². The van der Waals surface area contributed by atoms with Gasteiger partial charge in [0.15, 0.2) is 0 Å². The zero-order chi connectivity index (χ0) is 10.8. The van der Waals surface area contributed by atoms with Crippen LogP contribution in [0.2, 0.25) is 0 Å². The summed E-state index contributed by atoms with van der Waals surface area (Å²) in [6, 6.07) is 6.20. The molecule has 2 aromatic heterocycles. The van der Waals surface area contributed by atoms with E-state index in [0.717, 1.165) is 30.7 Å². The highest BCUT2D eigenvalue weighted by atomic mass is 15.0. The summed E-state index contributed by atoms with van der Waals surface area (Å²) in [5.41, 5.74) is 10.2. The molecule has 0 aliphatic heterocycles. The fraction of sp³-hybridized carbons (Fsp3) is 0.417. The van der Waals surface area contributed by atoms with Gasteiger partial charge in [-0.3, -0.25) is 0 Å². The van der Waals surface area contributed by atoms with Crippen LogP contribution in [-0.4, -0.2) is 15.9 Å². The predicted molar refractivity (Wildman–Crippen MR) is 62.0 cm³/mol. The van der Waals surface area contributed by atoms with Gasteiger partial charge in [-0.1, -0.05) is 6.07 Å². The van der Waals surface area contributed by atoms with Crippen LogP contribution < -0.4 is 5.73 Å². The molecular weight excluding hydrogens is 186 g/mol. The molecule has 3 heteroatoms. The van der Waals surface area contributed by atoms with Crippen molar-refractivity contribution in [3.63, 3.8) is 0 Å². The zero-order valence-electron chi connectivity index (χ0n) is 9.33. The lowest BCUT2D eigenvalue weighted by Gasteiger charge is -2.05. The topological polar surface area (TPSA) is 43.3 Å². The Balaban J connectivity index is 2.55. The minimum atomic E-state index is 0.735. The van der Waals surface area contributed by atoms with Gasteiger partial charge in [0.1, 0.15) is 5.65 Å². The molecule has 0 amide bonds. The number of aromatic nitrogens is 2. The van der Waals surface area contributed by atoms with Crippen molar-refractivity contribution in [3.05, 3.63) is 35.3 Å². The quantitative estimate of drug-likeness (QED) is 0.827. The third-order valence-corrected chi connectivity index (χ3v) is 2.75. The van der Waals surface area contributed by atoms with Crippen molar-refractivity contribution < 1.29 is 0 Å². The second kappa shape index (κ2) is 4.03. The number of hydrogen-bond acceptors (Lipinski definition) is 2. The van der Waals surface area contributed by atoms with Crippen LogP contribution in [0.5, 0.6) is 0 Å². The lowest BCUT2D eigenvalue weighted by molar-refractivity contribution is 0.791. The maximum Gasteiger partial charge on any atom is 0.137 e. The van der Waals surface area contributed by atoms with Crippen LogP contribution >= 0.6 is 0 Å². The van der Waals surface area contributed by atoms with E-state index in [9.17, 15) is 0 Å². The number of hydrogen-bond donors (Lipinski definition) is 1. The lowest BCUT2D eigenvalue weighted by Crippen LogP contribution is -2.04. The van der Waals surface area contributed by atoms with Crippen LogP contribution in [0.25, 0.3) is 5.65 Å². The van der Waals surface area contributed by atoms with E-state index >= 15 is 0 Å². The van der Waals surface area contributed by atoms with Gasteiger partial charge in [-0.15, -0.1) is 0 Å². The number of imidazole rings is 1. The van der Waals surface area contributed by atoms with Gasteiger partial charge in [-0.25, -0.2) is 4.98 Å². The molecule has 15 heavy (non-hydrogen) atoms. The molecular formula is C12H17N3. The molecule has 2 heterocycles. The summed E-state index contributed by atoms with van der Waals surface area (Å²) < 4.78 is 2.23. The van der Waals surface area contributed by atoms with E-state index in [1.165, 1.54) is 11.4 Å². The van der Waals surface area contributed by atoms with Crippen molar-refractivity contribution in [2.75, 3.05) is 6.54 Å². The SMILES string of the molecule is Cc1nc2cccc(C)n2c1CCCN. The molecule has 2 rings (SSSR count). The average Bonchev–Trinajstić information content (AvgIpc) is 2.53. The minimum Gasteiger partial charge on any atom is -0.330 e. The molecule has 0 aliphatic carbocycles. The van der Waals surface area contributed by atoms with E-state index in [4.69, 9.17) is 5.73 Å². The standard InChI is InChI=1S/C12H17N3/c1-9-5-3-7-12-14-10(2)11(15(9)12)6-4-8-13/h3,5,7H,4,6,8,13H2,1-2H3. The Hall–Kier alpha value is -1.35. The number of nitrogens with two attached hydrogens (primary N) is 1. The molecule has 0 spiro atoms. The Labute approximate surface area is 89.9 Å². The number of aryl methyl sites for hydroxylation is 3. The fourth-order valence-corrected chi connectivity index (χ4v) is 2.00. The highest BCUT2D eigenvalue weighted by molar-refractivity contribution is 5.44. The van der Waals surface area contributed by atoms with Crippen molar-refractivity contribution in [3.8, 4) is 0 Å². The third-order valence-electron chi connectivity index (χ3n) is 2.75. The van der Waals surface area contributed by atoms with Gasteiger partial charge in [-0.05, 0) is 45.4 Å². The monoisotopic (exact) mass is 203 g/mol. The van der Waals surface area contributed by atoms with E-state index in [1.807, 2.05) is 12.1 Å². The van der Waals surface area contributed by atoms with Crippen molar-refractivity contribution >= 4 is 5.65 Å². The van der Waals surface area contributed by atoms with E-state index in [1.54, 1.807) is 0 Å². The minimum absolute atomic E-state index is 0.735. The molecule has 0 saturated heterocycles. The second-order valence-corrected chi connectivity index (χ2v) is 3.90. The van der Waals surface area contributed by atoms with Crippen LogP contribution in [-0.2, 0) is 6.42 Å². The first kappa shape index (κ1) is 10.2. The normalized spacial score (nSPS) is 11.1. The van der Waals surface area contributed by atoms with Gasteiger partial charge >= 0.3 is 0 Å². The summed E-state index contributed by atoms with van der Waals surface area (Å²) in [5, 5.41) is 0. The Bertz CT molecular complexity index is 471. The first-order chi connectivity index (χ1) is 7.24. The molecule has 0 aromatic carbocycles. The van der Waals surface area contributed by atoms with Crippen molar-refractivity contribution in [2.45, 2.75) is 26.7 Å². The van der Waals surface area contributed by atoms with E-state index in [-0.39, 0.29) is 0 Å². The maximum atomic E-state index is 5.55. The zero-order valence-corrected chi connectivity index (χ0v) is 9.33. The van der Waals surface area contributed by atoms with Crippen LogP contribution in [0.4, 0.5) is 0 Å². The molecule has 0 aliphatic rings. The number of fused-ring (bicyclic) bond motifs is 1. The summed E-state index contributed by atoms with van der Waals surface area (Å²) in [6.07, 6.45) is 2.03. The molecule has 3 nitrogen and oxygen atoms in total. The van der Waals surface area contributed by atoms with Gasteiger partial charge in [-0.2, -0.15) is 0 Å². The van der Waals surface area contributed by atoms with Gasteiger partial charge < -0.3 is 10.1 Å². The molecule has 0 saturated carbocycles. The van der Waals surface area contributed by atoms with E-state index < -0.39 is 0 Å². The summed E-state index contributed by atoms with van der Waals surface area (Å²) >= 11 is 0. The Morgan fingerprint density at radius 2 is 2.13 bits per heavy atom. The van der Waals surface area contributed by atoms with Crippen LogP contribution in [0.1, 0.15) is 23.5 Å². The van der Waals surface area contributed by atoms with Gasteiger partial charge in [0.25, 0.3) is 0 Å². The molecule has 2 N–H and O–H groups in total. The molecule has 0 unspecified atom stereocenters. The molecule has 0 radical (unpaired) electrons. The highest BCUT2D eigenvalue weighted by Gasteiger charge is 2.08. The summed E-state index contributed by atoms with van der Waals surface area (Å²) in [7, 11) is 0. The van der Waals surface area contributed by atoms with Gasteiger partial charge in [0.05, 0.1) is 5.69 Å². The van der Waals surface area contributed by atoms with Crippen LogP contribution in [0.15, 0.2) is 18.2 Å². The largest absolute Gasteiger partial charge is 0.330 e.